The Balaban J connectivity index is 1.23. The van der Waals surface area contributed by atoms with Crippen molar-refractivity contribution in [1.82, 2.24) is 24.8 Å². The number of fused-ring (bicyclic) bond motifs is 1. The summed E-state index contributed by atoms with van der Waals surface area (Å²) in [5, 5.41) is 3.38. The van der Waals surface area contributed by atoms with E-state index in [1.165, 1.54) is 16.7 Å². The zero-order valence-electron chi connectivity index (χ0n) is 20.3. The minimum absolute atomic E-state index is 0.400. The normalized spacial score (nSPS) is 20.3. The molecule has 0 bridgehead atoms. The van der Waals surface area contributed by atoms with Gasteiger partial charge < -0.3 is 16.0 Å². The van der Waals surface area contributed by atoms with Gasteiger partial charge in [-0.2, -0.15) is 0 Å². The molecule has 34 heavy (non-hydrogen) atoms. The van der Waals surface area contributed by atoms with Gasteiger partial charge in [0.25, 0.3) is 0 Å². The smallest absolute Gasteiger partial charge is 0.227 e. The van der Waals surface area contributed by atoms with Crippen LogP contribution in [0.25, 0.3) is 5.70 Å². The van der Waals surface area contributed by atoms with Gasteiger partial charge in [0, 0.05) is 66.6 Å². The van der Waals surface area contributed by atoms with Crippen molar-refractivity contribution >= 4 is 23.2 Å². The van der Waals surface area contributed by atoms with Gasteiger partial charge in [0.2, 0.25) is 5.95 Å². The van der Waals surface area contributed by atoms with Gasteiger partial charge in [0.05, 0.1) is 5.69 Å². The third-order valence-corrected chi connectivity index (χ3v) is 6.98. The van der Waals surface area contributed by atoms with Crippen LogP contribution in [0.1, 0.15) is 47.7 Å². The number of hydrogen-bond acceptors (Lipinski definition) is 7. The number of nitrogens with one attached hydrogen (secondary N) is 1. The lowest BCUT2D eigenvalue weighted by Gasteiger charge is -2.43. The predicted octanol–water partition coefficient (Wildman–Crippen LogP) is 4.65. The monoisotopic (exact) mass is 455 g/mol. The number of anilines is 3. The molecule has 7 heteroatoms. The minimum Gasteiger partial charge on any atom is -0.384 e. The van der Waals surface area contributed by atoms with Crippen LogP contribution in [-0.4, -0.2) is 43.4 Å². The molecule has 4 heterocycles. The maximum Gasteiger partial charge on any atom is 0.227 e. The molecule has 0 radical (unpaired) electrons. The number of nitrogens with zero attached hydrogens (tertiary/aromatic N) is 5. The lowest BCUT2D eigenvalue weighted by atomic mass is 9.95. The van der Waals surface area contributed by atoms with Crippen LogP contribution < -0.4 is 11.1 Å². The molecule has 7 nitrogen and oxygen atoms in total. The van der Waals surface area contributed by atoms with Crippen LogP contribution in [0, 0.1) is 13.8 Å². The Labute approximate surface area is 201 Å². The van der Waals surface area contributed by atoms with E-state index in [9.17, 15) is 0 Å². The lowest BCUT2D eigenvalue weighted by Crippen LogP contribution is -2.46. The number of rotatable bonds is 5. The molecule has 3 N–H and O–H groups in total. The van der Waals surface area contributed by atoms with Crippen LogP contribution in [0.3, 0.4) is 0 Å². The van der Waals surface area contributed by atoms with Crippen molar-refractivity contribution in [3.05, 3.63) is 77.3 Å². The highest BCUT2D eigenvalue weighted by Crippen LogP contribution is 2.33. The first-order valence-electron chi connectivity index (χ1n) is 12.0. The summed E-state index contributed by atoms with van der Waals surface area (Å²) in [6.07, 6.45) is 5.92. The molecule has 5 rings (SSSR count). The third-order valence-electron chi connectivity index (χ3n) is 6.98. The van der Waals surface area contributed by atoms with Crippen molar-refractivity contribution in [2.45, 2.75) is 58.8 Å². The molecule has 3 aromatic rings. The highest BCUT2D eigenvalue weighted by molar-refractivity contribution is 5.64. The molecule has 0 spiro atoms. The molecule has 2 aliphatic rings. The molecule has 1 aromatic carbocycles. The molecule has 2 aromatic heterocycles. The second kappa shape index (κ2) is 9.06. The van der Waals surface area contributed by atoms with Crippen LogP contribution in [0.15, 0.2) is 49.3 Å². The highest BCUT2D eigenvalue weighted by Gasteiger charge is 2.33. The summed E-state index contributed by atoms with van der Waals surface area (Å²) >= 11 is 0. The van der Waals surface area contributed by atoms with Crippen molar-refractivity contribution in [3.63, 3.8) is 0 Å². The average Bonchev–Trinajstić information content (AvgIpc) is 3.21. The Bertz CT molecular complexity index is 1200. The van der Waals surface area contributed by atoms with Crippen LogP contribution in [0.2, 0.25) is 0 Å². The molecule has 176 valence electrons. The van der Waals surface area contributed by atoms with Gasteiger partial charge in [0.15, 0.2) is 0 Å². The number of pyridine rings is 1. The Kier molecular flexibility index (Phi) is 5.96. The van der Waals surface area contributed by atoms with Crippen molar-refractivity contribution in [2.75, 3.05) is 17.6 Å². The largest absolute Gasteiger partial charge is 0.384 e. The number of aryl methyl sites for hydroxylation is 2. The van der Waals surface area contributed by atoms with Crippen molar-refractivity contribution in [3.8, 4) is 0 Å². The molecule has 1 saturated heterocycles. The van der Waals surface area contributed by atoms with Crippen molar-refractivity contribution < 1.29 is 0 Å². The molecule has 2 aliphatic heterocycles. The number of nitrogen functional groups attached to an aromatic ring is 1. The number of benzene rings is 1. The van der Waals surface area contributed by atoms with Gasteiger partial charge in [0.1, 0.15) is 5.82 Å². The van der Waals surface area contributed by atoms with Crippen LogP contribution in [0.4, 0.5) is 17.5 Å². The zero-order valence-corrected chi connectivity index (χ0v) is 20.3. The minimum atomic E-state index is 0.400. The first kappa shape index (κ1) is 22.3. The molecule has 2 atom stereocenters. The summed E-state index contributed by atoms with van der Waals surface area (Å²) in [6.45, 7) is 13.6. The van der Waals surface area contributed by atoms with E-state index in [0.717, 1.165) is 55.1 Å². The van der Waals surface area contributed by atoms with E-state index in [-0.39, 0.29) is 0 Å². The molecular weight excluding hydrogens is 422 g/mol. The Morgan fingerprint density at radius 2 is 1.91 bits per heavy atom. The molecular formula is C27H33N7. The number of hydrogen-bond donors (Lipinski definition) is 2. The second-order valence-corrected chi connectivity index (χ2v) is 9.71. The fourth-order valence-electron chi connectivity index (χ4n) is 5.35. The van der Waals surface area contributed by atoms with Gasteiger partial charge in [-0.25, -0.2) is 15.0 Å². The first-order valence-corrected chi connectivity index (χ1v) is 12.0. The summed E-state index contributed by atoms with van der Waals surface area (Å²) in [6, 6.07) is 11.2. The average molecular weight is 456 g/mol. The van der Waals surface area contributed by atoms with E-state index in [1.807, 2.05) is 18.3 Å². The summed E-state index contributed by atoms with van der Waals surface area (Å²) in [7, 11) is 0. The van der Waals surface area contributed by atoms with Gasteiger partial charge >= 0.3 is 0 Å². The van der Waals surface area contributed by atoms with E-state index >= 15 is 0 Å². The Hall–Kier alpha value is -3.45. The van der Waals surface area contributed by atoms with E-state index in [0.29, 0.717) is 23.8 Å². The first-order chi connectivity index (χ1) is 16.4. The summed E-state index contributed by atoms with van der Waals surface area (Å²) in [4.78, 5) is 18.5. The number of likely N-dealkylation sites (tertiary alicyclic amines) is 1. The van der Waals surface area contributed by atoms with Crippen LogP contribution in [-0.2, 0) is 13.1 Å². The van der Waals surface area contributed by atoms with E-state index < -0.39 is 0 Å². The standard InChI is InChI=1S/C27H33N7/c1-17-9-18(2)11-23(10-17)31-27-30-14-22-15-33(16-25(22)32-27)24-6-8-34(19(3)12-24)20(4)21-5-7-29-26(28)13-21/h5,7,9-11,13-14,19,24H,4,6,8,12,15-16H2,1-3H3,(H2,28,29)(H,30,31,32)/t19-,24-/m1/s1. The van der Waals surface area contributed by atoms with Gasteiger partial charge in [-0.15, -0.1) is 0 Å². The SMILES string of the molecule is C=C(c1ccnc(N)c1)N1CC[C@@H](N2Cc3cnc(Nc4cc(C)cc(C)c4)nc3C2)C[C@H]1C. The maximum absolute atomic E-state index is 5.88. The van der Waals surface area contributed by atoms with E-state index in [2.05, 4.69) is 70.6 Å². The Morgan fingerprint density at radius 3 is 2.65 bits per heavy atom. The summed E-state index contributed by atoms with van der Waals surface area (Å²) in [5.74, 6) is 1.20. The molecule has 0 aliphatic carbocycles. The van der Waals surface area contributed by atoms with Crippen LogP contribution in [0.5, 0.6) is 0 Å². The van der Waals surface area contributed by atoms with E-state index in [4.69, 9.17) is 10.7 Å². The van der Waals surface area contributed by atoms with Gasteiger partial charge in [-0.1, -0.05) is 12.6 Å². The molecule has 1 fully saturated rings. The van der Waals surface area contributed by atoms with Crippen molar-refractivity contribution in [1.29, 1.82) is 0 Å². The quantitative estimate of drug-likeness (QED) is 0.579. The molecule has 0 saturated carbocycles. The molecule has 0 unspecified atom stereocenters. The lowest BCUT2D eigenvalue weighted by molar-refractivity contribution is 0.102. The summed E-state index contributed by atoms with van der Waals surface area (Å²) in [5.41, 5.74) is 13.8. The topological polar surface area (TPSA) is 83.2 Å². The maximum atomic E-state index is 5.88. The predicted molar refractivity (Wildman–Crippen MR) is 137 cm³/mol. The van der Waals surface area contributed by atoms with Crippen LogP contribution >= 0.6 is 0 Å². The van der Waals surface area contributed by atoms with E-state index in [1.54, 1.807) is 6.20 Å². The number of nitrogens with two attached hydrogens (primary N) is 1. The van der Waals surface area contributed by atoms with Gasteiger partial charge in [-0.3, -0.25) is 4.90 Å². The highest BCUT2D eigenvalue weighted by atomic mass is 15.2. The van der Waals surface area contributed by atoms with Crippen molar-refractivity contribution in [2.24, 2.45) is 0 Å². The molecule has 0 amide bonds. The van der Waals surface area contributed by atoms with Gasteiger partial charge in [-0.05, 0) is 69.0 Å². The zero-order chi connectivity index (χ0) is 23.8. The Morgan fingerprint density at radius 1 is 1.12 bits per heavy atom. The second-order valence-electron chi connectivity index (χ2n) is 9.71. The number of piperidine rings is 1. The third kappa shape index (κ3) is 4.61. The number of aromatic nitrogens is 3. The fraction of sp³-hybridized carbons (Fsp3) is 0.370. The fourth-order valence-corrected chi connectivity index (χ4v) is 5.35. The summed E-state index contributed by atoms with van der Waals surface area (Å²) < 4.78 is 0.